The van der Waals surface area contributed by atoms with E-state index in [2.05, 4.69) is 26.1 Å². The van der Waals surface area contributed by atoms with Crippen molar-refractivity contribution in [3.63, 3.8) is 0 Å². The molecular formula is C16H17BrN2O2. The third kappa shape index (κ3) is 3.18. The molecule has 4 nitrogen and oxygen atoms in total. The van der Waals surface area contributed by atoms with E-state index in [0.29, 0.717) is 24.5 Å². The van der Waals surface area contributed by atoms with Gasteiger partial charge in [-0.05, 0) is 37.5 Å². The lowest BCUT2D eigenvalue weighted by Gasteiger charge is -2.05. The Morgan fingerprint density at radius 1 is 1.38 bits per heavy atom. The van der Waals surface area contributed by atoms with E-state index < -0.39 is 0 Å². The molecule has 3 rings (SSSR count). The molecular weight excluding hydrogens is 332 g/mol. The van der Waals surface area contributed by atoms with Gasteiger partial charge in [-0.15, -0.1) is 0 Å². The maximum Gasteiger partial charge on any atom is 0.341 e. The summed E-state index contributed by atoms with van der Waals surface area (Å²) in [5.41, 5.74) is 3.50. The largest absolute Gasteiger partial charge is 0.462 e. The zero-order valence-electron chi connectivity index (χ0n) is 11.9. The van der Waals surface area contributed by atoms with Gasteiger partial charge in [-0.1, -0.05) is 28.1 Å². The third-order valence-corrected chi connectivity index (χ3v) is 4.14. The summed E-state index contributed by atoms with van der Waals surface area (Å²) >= 11 is 3.43. The van der Waals surface area contributed by atoms with Gasteiger partial charge in [0.05, 0.1) is 18.0 Å². The molecule has 5 heteroatoms. The Kier molecular flexibility index (Phi) is 4.10. The average molecular weight is 349 g/mol. The quantitative estimate of drug-likeness (QED) is 0.835. The zero-order valence-corrected chi connectivity index (χ0v) is 13.4. The zero-order chi connectivity index (χ0) is 14.8. The van der Waals surface area contributed by atoms with Crippen LogP contribution in [0.15, 0.2) is 28.7 Å². The second-order valence-electron chi connectivity index (χ2n) is 5.26. The van der Waals surface area contributed by atoms with E-state index >= 15 is 0 Å². The first-order chi connectivity index (χ1) is 10.2. The first kappa shape index (κ1) is 14.3. The minimum atomic E-state index is -0.264. The van der Waals surface area contributed by atoms with Crippen LogP contribution in [0.2, 0.25) is 0 Å². The van der Waals surface area contributed by atoms with Gasteiger partial charge in [-0.2, -0.15) is 5.10 Å². The SMILES string of the molecule is CCOC(=O)c1c(C2CC2)n[nH]c1Cc1ccc(Br)cc1. The summed E-state index contributed by atoms with van der Waals surface area (Å²) in [5.74, 6) is 0.152. The Bertz CT molecular complexity index is 645. The molecule has 0 saturated heterocycles. The monoisotopic (exact) mass is 348 g/mol. The van der Waals surface area contributed by atoms with E-state index in [1.807, 2.05) is 31.2 Å². The fraction of sp³-hybridized carbons (Fsp3) is 0.375. The number of rotatable bonds is 5. The normalized spacial score (nSPS) is 14.2. The van der Waals surface area contributed by atoms with Crippen LogP contribution >= 0.6 is 15.9 Å². The van der Waals surface area contributed by atoms with E-state index in [1.54, 1.807) is 0 Å². The van der Waals surface area contributed by atoms with Gasteiger partial charge in [0.1, 0.15) is 5.56 Å². The van der Waals surface area contributed by atoms with E-state index in [1.165, 1.54) is 0 Å². The van der Waals surface area contributed by atoms with Crippen molar-refractivity contribution in [2.45, 2.75) is 32.1 Å². The Morgan fingerprint density at radius 3 is 2.71 bits per heavy atom. The number of carbonyl (C=O) groups excluding carboxylic acids is 1. The molecule has 0 bridgehead atoms. The van der Waals surface area contributed by atoms with Crippen LogP contribution < -0.4 is 0 Å². The lowest BCUT2D eigenvalue weighted by Crippen LogP contribution is -2.09. The maximum absolute atomic E-state index is 12.2. The van der Waals surface area contributed by atoms with Crippen LogP contribution in [0.5, 0.6) is 0 Å². The lowest BCUT2D eigenvalue weighted by atomic mass is 10.0. The topological polar surface area (TPSA) is 55.0 Å². The molecule has 0 radical (unpaired) electrons. The smallest absolute Gasteiger partial charge is 0.341 e. The van der Waals surface area contributed by atoms with Gasteiger partial charge in [0.25, 0.3) is 0 Å². The maximum atomic E-state index is 12.2. The van der Waals surface area contributed by atoms with Gasteiger partial charge in [0, 0.05) is 16.8 Å². The number of H-pyrrole nitrogens is 1. The van der Waals surface area contributed by atoms with Crippen molar-refractivity contribution in [3.8, 4) is 0 Å². The highest BCUT2D eigenvalue weighted by atomic mass is 79.9. The standard InChI is InChI=1S/C16H17BrN2O2/c1-2-21-16(20)14-13(18-19-15(14)11-5-6-11)9-10-3-7-12(17)8-4-10/h3-4,7-8,11H,2,5-6,9H2,1H3,(H,18,19). The van der Waals surface area contributed by atoms with Crippen LogP contribution in [-0.2, 0) is 11.2 Å². The minimum Gasteiger partial charge on any atom is -0.462 e. The second kappa shape index (κ2) is 6.02. The van der Waals surface area contributed by atoms with Gasteiger partial charge in [-0.25, -0.2) is 4.79 Å². The van der Waals surface area contributed by atoms with E-state index in [-0.39, 0.29) is 5.97 Å². The molecule has 1 aromatic carbocycles. The van der Waals surface area contributed by atoms with Crippen LogP contribution in [-0.4, -0.2) is 22.8 Å². The van der Waals surface area contributed by atoms with Crippen LogP contribution in [0.1, 0.15) is 53.0 Å². The molecule has 2 aromatic rings. The van der Waals surface area contributed by atoms with Crippen molar-refractivity contribution in [1.29, 1.82) is 0 Å². The molecule has 21 heavy (non-hydrogen) atoms. The van der Waals surface area contributed by atoms with Crippen LogP contribution in [0.25, 0.3) is 0 Å². The fourth-order valence-corrected chi connectivity index (χ4v) is 2.68. The molecule has 0 aliphatic heterocycles. The van der Waals surface area contributed by atoms with Crippen molar-refractivity contribution in [3.05, 3.63) is 51.3 Å². The Labute approximate surface area is 132 Å². The molecule has 0 unspecified atom stereocenters. The van der Waals surface area contributed by atoms with Crippen LogP contribution in [0.4, 0.5) is 0 Å². The summed E-state index contributed by atoms with van der Waals surface area (Å²) in [7, 11) is 0. The predicted molar refractivity (Wildman–Crippen MR) is 83.5 cm³/mol. The number of nitrogens with zero attached hydrogens (tertiary/aromatic N) is 1. The number of halogens is 1. The average Bonchev–Trinajstić information content (AvgIpc) is 3.23. The van der Waals surface area contributed by atoms with E-state index in [4.69, 9.17) is 4.74 Å². The number of hydrogen-bond donors (Lipinski definition) is 1. The molecule has 1 N–H and O–H groups in total. The van der Waals surface area contributed by atoms with Gasteiger partial charge in [0.2, 0.25) is 0 Å². The molecule has 1 aliphatic rings. The van der Waals surface area contributed by atoms with Gasteiger partial charge < -0.3 is 4.74 Å². The Morgan fingerprint density at radius 2 is 2.10 bits per heavy atom. The summed E-state index contributed by atoms with van der Waals surface area (Å²) < 4.78 is 6.24. The predicted octanol–water partition coefficient (Wildman–Crippen LogP) is 3.82. The van der Waals surface area contributed by atoms with Crippen molar-refractivity contribution in [2.24, 2.45) is 0 Å². The lowest BCUT2D eigenvalue weighted by molar-refractivity contribution is 0.0524. The number of nitrogens with one attached hydrogen (secondary N) is 1. The molecule has 0 atom stereocenters. The summed E-state index contributed by atoms with van der Waals surface area (Å²) in [4.78, 5) is 12.2. The number of esters is 1. The Hall–Kier alpha value is -1.62. The summed E-state index contributed by atoms with van der Waals surface area (Å²) in [6.07, 6.45) is 2.87. The number of aromatic amines is 1. The number of carbonyl (C=O) groups is 1. The molecule has 0 amide bonds. The molecule has 0 spiro atoms. The van der Waals surface area contributed by atoms with Gasteiger partial charge >= 0.3 is 5.97 Å². The van der Waals surface area contributed by atoms with Crippen LogP contribution in [0, 0.1) is 0 Å². The second-order valence-corrected chi connectivity index (χ2v) is 6.18. The first-order valence-electron chi connectivity index (χ1n) is 7.17. The van der Waals surface area contributed by atoms with E-state index in [0.717, 1.165) is 34.3 Å². The number of benzene rings is 1. The number of ether oxygens (including phenoxy) is 1. The third-order valence-electron chi connectivity index (χ3n) is 3.61. The molecule has 1 aromatic heterocycles. The molecule has 1 fully saturated rings. The first-order valence-corrected chi connectivity index (χ1v) is 7.97. The van der Waals surface area contributed by atoms with E-state index in [9.17, 15) is 4.79 Å². The molecule has 110 valence electrons. The van der Waals surface area contributed by atoms with Crippen molar-refractivity contribution in [1.82, 2.24) is 10.2 Å². The van der Waals surface area contributed by atoms with Gasteiger partial charge in [0.15, 0.2) is 0 Å². The van der Waals surface area contributed by atoms with Crippen molar-refractivity contribution >= 4 is 21.9 Å². The molecule has 1 saturated carbocycles. The summed E-state index contributed by atoms with van der Waals surface area (Å²) in [6, 6.07) is 8.07. The van der Waals surface area contributed by atoms with Crippen molar-refractivity contribution < 1.29 is 9.53 Å². The number of aromatic nitrogens is 2. The highest BCUT2D eigenvalue weighted by molar-refractivity contribution is 9.10. The number of hydrogen-bond acceptors (Lipinski definition) is 3. The van der Waals surface area contributed by atoms with Crippen molar-refractivity contribution in [2.75, 3.05) is 6.61 Å². The molecule has 1 heterocycles. The highest BCUT2D eigenvalue weighted by Crippen LogP contribution is 2.41. The highest BCUT2D eigenvalue weighted by Gasteiger charge is 2.33. The Balaban J connectivity index is 1.90. The summed E-state index contributed by atoms with van der Waals surface area (Å²) in [5, 5.41) is 7.40. The molecule has 1 aliphatic carbocycles. The minimum absolute atomic E-state index is 0.264. The van der Waals surface area contributed by atoms with Crippen LogP contribution in [0.3, 0.4) is 0 Å². The summed E-state index contributed by atoms with van der Waals surface area (Å²) in [6.45, 7) is 2.20. The van der Waals surface area contributed by atoms with Gasteiger partial charge in [-0.3, -0.25) is 5.10 Å². The fourth-order valence-electron chi connectivity index (χ4n) is 2.41.